The van der Waals surface area contributed by atoms with E-state index in [4.69, 9.17) is 16.3 Å². The fourth-order valence-electron chi connectivity index (χ4n) is 6.29. The molecular formula is C41H32ClNO2. The average Bonchev–Trinajstić information content (AvgIpc) is 3.41. The van der Waals surface area contributed by atoms with E-state index in [0.717, 1.165) is 52.4 Å². The van der Waals surface area contributed by atoms with Crippen LogP contribution in [-0.4, -0.2) is 10.5 Å². The highest BCUT2D eigenvalue weighted by atomic mass is 35.5. The molecule has 0 amide bonds. The zero-order valence-corrected chi connectivity index (χ0v) is 25.6. The third-order valence-corrected chi connectivity index (χ3v) is 8.65. The second-order valence-electron chi connectivity index (χ2n) is 11.3. The molecular weight excluding hydrogens is 574 g/mol. The number of aromatic nitrogens is 1. The lowest BCUT2D eigenvalue weighted by Crippen LogP contribution is -2.09. The van der Waals surface area contributed by atoms with Crippen LogP contribution >= 0.6 is 11.6 Å². The van der Waals surface area contributed by atoms with Crippen LogP contribution in [0.5, 0.6) is 0 Å². The summed E-state index contributed by atoms with van der Waals surface area (Å²) < 4.78 is 8.32. The molecule has 0 bridgehead atoms. The summed E-state index contributed by atoms with van der Waals surface area (Å²) in [6, 6.07) is 47.1. The van der Waals surface area contributed by atoms with Gasteiger partial charge in [0.05, 0.1) is 5.56 Å². The Bertz CT molecular complexity index is 2110. The predicted octanol–water partition coefficient (Wildman–Crippen LogP) is 11.0. The quantitative estimate of drug-likeness (QED) is 0.121. The summed E-state index contributed by atoms with van der Waals surface area (Å²) in [4.78, 5) is 13.8. The Morgan fingerprint density at radius 3 is 2.00 bits per heavy atom. The standard InChI is InChI=1S/C41H32ClNO2/c42-33-23-20-30(21-24-33)28-45-41(44)37-25-22-31-13-4-5-15-34(31)40(37)32(27-29-11-2-1-3-12-29)14-10-26-43-38-18-8-6-16-35(38)36-17-7-9-19-39(36)43/h1-9,11-13,15-25,27H,10,14,26,28H2/b32-27-. The van der Waals surface area contributed by atoms with Gasteiger partial charge in [-0.2, -0.15) is 0 Å². The van der Waals surface area contributed by atoms with Gasteiger partial charge in [0.2, 0.25) is 0 Å². The molecule has 0 aliphatic rings. The van der Waals surface area contributed by atoms with E-state index in [1.54, 1.807) is 0 Å². The van der Waals surface area contributed by atoms with Gasteiger partial charge in [-0.05, 0) is 76.2 Å². The van der Waals surface area contributed by atoms with E-state index < -0.39 is 0 Å². The molecule has 3 nitrogen and oxygen atoms in total. The fourth-order valence-corrected chi connectivity index (χ4v) is 6.41. The average molecular weight is 606 g/mol. The Morgan fingerprint density at radius 2 is 1.29 bits per heavy atom. The number of nitrogens with zero attached hydrogens (tertiary/aromatic N) is 1. The molecule has 0 unspecified atom stereocenters. The molecule has 0 aliphatic carbocycles. The minimum absolute atomic E-state index is 0.174. The third-order valence-electron chi connectivity index (χ3n) is 8.40. The number of allylic oxidation sites excluding steroid dienone is 1. The lowest BCUT2D eigenvalue weighted by molar-refractivity contribution is 0.0472. The minimum atomic E-state index is -0.341. The molecule has 0 saturated carbocycles. The number of rotatable bonds is 9. The predicted molar refractivity (Wildman–Crippen MR) is 188 cm³/mol. The molecule has 0 spiro atoms. The van der Waals surface area contributed by atoms with Crippen molar-refractivity contribution in [3.8, 4) is 0 Å². The fraction of sp³-hybridized carbons (Fsp3) is 0.0976. The monoisotopic (exact) mass is 605 g/mol. The molecule has 0 radical (unpaired) electrons. The molecule has 4 heteroatoms. The number of halogens is 1. The second kappa shape index (κ2) is 12.9. The molecule has 0 N–H and O–H groups in total. The largest absolute Gasteiger partial charge is 0.457 e. The first-order valence-electron chi connectivity index (χ1n) is 15.3. The maximum atomic E-state index is 13.8. The third kappa shape index (κ3) is 6.00. The zero-order valence-electron chi connectivity index (χ0n) is 24.8. The maximum Gasteiger partial charge on any atom is 0.339 e. The second-order valence-corrected chi connectivity index (χ2v) is 11.7. The van der Waals surface area contributed by atoms with Gasteiger partial charge in [-0.15, -0.1) is 0 Å². The first-order chi connectivity index (χ1) is 22.2. The molecule has 7 rings (SSSR count). The smallest absolute Gasteiger partial charge is 0.339 e. The number of fused-ring (bicyclic) bond motifs is 4. The van der Waals surface area contributed by atoms with E-state index in [1.165, 1.54) is 21.8 Å². The summed E-state index contributed by atoms with van der Waals surface area (Å²) in [5.41, 5.74) is 7.08. The van der Waals surface area contributed by atoms with Crippen molar-refractivity contribution in [1.82, 2.24) is 4.57 Å². The van der Waals surface area contributed by atoms with E-state index in [-0.39, 0.29) is 12.6 Å². The molecule has 7 aromatic rings. The highest BCUT2D eigenvalue weighted by Crippen LogP contribution is 2.35. The van der Waals surface area contributed by atoms with Crippen LogP contribution in [0.2, 0.25) is 5.02 Å². The summed E-state index contributed by atoms with van der Waals surface area (Å²) >= 11 is 6.06. The maximum absolute atomic E-state index is 13.8. The van der Waals surface area contributed by atoms with Gasteiger partial charge in [-0.3, -0.25) is 0 Å². The summed E-state index contributed by atoms with van der Waals surface area (Å²) in [6.07, 6.45) is 3.90. The number of benzene rings is 6. The Labute approximate surface area is 268 Å². The number of para-hydroxylation sites is 2. The first-order valence-corrected chi connectivity index (χ1v) is 15.7. The van der Waals surface area contributed by atoms with Gasteiger partial charge >= 0.3 is 5.97 Å². The van der Waals surface area contributed by atoms with Crippen LogP contribution in [0, 0.1) is 0 Å². The van der Waals surface area contributed by atoms with Gasteiger partial charge in [0.15, 0.2) is 0 Å². The highest BCUT2D eigenvalue weighted by Gasteiger charge is 2.20. The number of carbonyl (C=O) groups excluding carboxylic acids is 1. The first kappa shape index (κ1) is 28.6. The number of ether oxygens (including phenoxy) is 1. The van der Waals surface area contributed by atoms with Crippen molar-refractivity contribution in [3.63, 3.8) is 0 Å². The summed E-state index contributed by atoms with van der Waals surface area (Å²) in [7, 11) is 0. The van der Waals surface area contributed by atoms with Crippen molar-refractivity contribution >= 4 is 61.8 Å². The lowest BCUT2D eigenvalue weighted by atomic mass is 9.89. The van der Waals surface area contributed by atoms with Crippen LogP contribution < -0.4 is 0 Å². The summed E-state index contributed by atoms with van der Waals surface area (Å²) in [5.74, 6) is -0.341. The lowest BCUT2D eigenvalue weighted by Gasteiger charge is -2.17. The number of esters is 1. The molecule has 220 valence electrons. The minimum Gasteiger partial charge on any atom is -0.457 e. The molecule has 1 aromatic heterocycles. The van der Waals surface area contributed by atoms with Crippen molar-refractivity contribution < 1.29 is 9.53 Å². The van der Waals surface area contributed by atoms with E-state index in [1.807, 2.05) is 66.7 Å². The van der Waals surface area contributed by atoms with Crippen LogP contribution in [0.25, 0.3) is 44.2 Å². The van der Waals surface area contributed by atoms with E-state index >= 15 is 0 Å². The SMILES string of the molecule is O=C(OCc1ccc(Cl)cc1)c1ccc2ccccc2c1/C(=C\c1ccccc1)CCCn1c2ccccc2c2ccccc21. The van der Waals surface area contributed by atoms with E-state index in [2.05, 4.69) is 83.4 Å². The van der Waals surface area contributed by atoms with Gasteiger partial charge < -0.3 is 9.30 Å². The van der Waals surface area contributed by atoms with Crippen LogP contribution in [-0.2, 0) is 17.9 Å². The molecule has 1 heterocycles. The van der Waals surface area contributed by atoms with Gasteiger partial charge in [0, 0.05) is 33.4 Å². The van der Waals surface area contributed by atoms with Crippen molar-refractivity contribution in [3.05, 3.63) is 167 Å². The number of aryl methyl sites for hydroxylation is 1. The molecule has 0 saturated heterocycles. The number of carbonyl (C=O) groups is 1. The van der Waals surface area contributed by atoms with Gasteiger partial charge in [-0.25, -0.2) is 4.79 Å². The van der Waals surface area contributed by atoms with Crippen molar-refractivity contribution in [2.75, 3.05) is 0 Å². The molecule has 6 aromatic carbocycles. The van der Waals surface area contributed by atoms with Crippen molar-refractivity contribution in [2.45, 2.75) is 26.0 Å². The summed E-state index contributed by atoms with van der Waals surface area (Å²) in [5, 5.41) is 5.32. The van der Waals surface area contributed by atoms with Gasteiger partial charge in [0.25, 0.3) is 0 Å². The number of hydrogen-bond acceptors (Lipinski definition) is 2. The van der Waals surface area contributed by atoms with Crippen LogP contribution in [0.4, 0.5) is 0 Å². The molecule has 0 aliphatic heterocycles. The highest BCUT2D eigenvalue weighted by molar-refractivity contribution is 6.30. The number of hydrogen-bond donors (Lipinski definition) is 0. The van der Waals surface area contributed by atoms with Crippen LogP contribution in [0.1, 0.15) is 39.9 Å². The Balaban J connectivity index is 1.27. The van der Waals surface area contributed by atoms with Crippen molar-refractivity contribution in [1.29, 1.82) is 0 Å². The van der Waals surface area contributed by atoms with Crippen molar-refractivity contribution in [2.24, 2.45) is 0 Å². The zero-order chi connectivity index (χ0) is 30.6. The topological polar surface area (TPSA) is 31.2 Å². The summed E-state index contributed by atoms with van der Waals surface area (Å²) in [6.45, 7) is 1.02. The molecule has 0 fully saturated rings. The van der Waals surface area contributed by atoms with E-state index in [0.29, 0.717) is 10.6 Å². The Morgan fingerprint density at radius 1 is 0.667 bits per heavy atom. The van der Waals surface area contributed by atoms with Crippen LogP contribution in [0.15, 0.2) is 140 Å². The molecule has 45 heavy (non-hydrogen) atoms. The Hall–Kier alpha value is -5.12. The van der Waals surface area contributed by atoms with Gasteiger partial charge in [-0.1, -0.05) is 127 Å². The van der Waals surface area contributed by atoms with Gasteiger partial charge in [0.1, 0.15) is 6.61 Å². The normalized spacial score (nSPS) is 11.8. The molecule has 0 atom stereocenters. The Kier molecular flexibility index (Phi) is 8.18. The van der Waals surface area contributed by atoms with Crippen LogP contribution in [0.3, 0.4) is 0 Å². The van der Waals surface area contributed by atoms with E-state index in [9.17, 15) is 4.79 Å².